The Bertz CT molecular complexity index is 1010. The first-order chi connectivity index (χ1) is 12.3. The van der Waals surface area contributed by atoms with Gasteiger partial charge >= 0.3 is 11.6 Å². The van der Waals surface area contributed by atoms with Crippen molar-refractivity contribution in [2.24, 2.45) is 0 Å². The number of esters is 1. The molecule has 0 spiro atoms. The predicted octanol–water partition coefficient (Wildman–Crippen LogP) is 4.32. The van der Waals surface area contributed by atoms with Crippen LogP contribution in [-0.2, 0) is 5.41 Å². The minimum atomic E-state index is -0.757. The Morgan fingerprint density at radius 3 is 2.23 bits per heavy atom. The molecule has 0 unspecified atom stereocenters. The molecule has 0 N–H and O–H groups in total. The monoisotopic (exact) mass is 352 g/mol. The van der Waals surface area contributed by atoms with E-state index in [4.69, 9.17) is 13.9 Å². The molecule has 0 aliphatic carbocycles. The molecule has 5 nitrogen and oxygen atoms in total. The SMILES string of the molecule is COc1ccc2oc(=O)c(C(=O)Oc3ccc(C(C)(C)C)cc3)cc2c1. The van der Waals surface area contributed by atoms with Gasteiger partial charge < -0.3 is 13.9 Å². The number of ether oxygens (including phenoxy) is 2. The molecule has 0 atom stereocenters. The van der Waals surface area contributed by atoms with Gasteiger partial charge in [0.05, 0.1) is 7.11 Å². The molecule has 134 valence electrons. The average Bonchev–Trinajstić information content (AvgIpc) is 2.60. The third-order valence-corrected chi connectivity index (χ3v) is 4.09. The quantitative estimate of drug-likeness (QED) is 0.399. The second kappa shape index (κ2) is 6.67. The van der Waals surface area contributed by atoms with E-state index in [2.05, 4.69) is 20.8 Å². The zero-order valence-electron chi connectivity index (χ0n) is 15.2. The van der Waals surface area contributed by atoms with E-state index in [1.807, 2.05) is 12.1 Å². The van der Waals surface area contributed by atoms with Crippen molar-refractivity contribution in [1.29, 1.82) is 0 Å². The molecule has 0 fully saturated rings. The summed E-state index contributed by atoms with van der Waals surface area (Å²) in [6.07, 6.45) is 0. The largest absolute Gasteiger partial charge is 0.497 e. The third-order valence-electron chi connectivity index (χ3n) is 4.09. The second-order valence-corrected chi connectivity index (χ2v) is 7.02. The summed E-state index contributed by atoms with van der Waals surface area (Å²) in [5, 5.41) is 0.582. The minimum Gasteiger partial charge on any atom is -0.497 e. The van der Waals surface area contributed by atoms with Crippen LogP contribution >= 0.6 is 0 Å². The highest BCUT2D eigenvalue weighted by Crippen LogP contribution is 2.25. The first kappa shape index (κ1) is 17.7. The summed E-state index contributed by atoms with van der Waals surface area (Å²) >= 11 is 0. The number of benzene rings is 2. The molecule has 1 aromatic heterocycles. The summed E-state index contributed by atoms with van der Waals surface area (Å²) in [7, 11) is 1.54. The van der Waals surface area contributed by atoms with Crippen LogP contribution in [0.3, 0.4) is 0 Å². The molecular weight excluding hydrogens is 332 g/mol. The molecule has 3 aromatic rings. The standard InChI is InChI=1S/C21H20O5/c1-21(2,3)14-5-7-15(8-6-14)25-19(22)17-12-13-11-16(24-4)9-10-18(13)26-20(17)23/h5-12H,1-4H3. The van der Waals surface area contributed by atoms with Gasteiger partial charge in [0.15, 0.2) is 0 Å². The maximum Gasteiger partial charge on any atom is 0.351 e. The molecule has 0 saturated heterocycles. The summed E-state index contributed by atoms with van der Waals surface area (Å²) in [4.78, 5) is 24.5. The predicted molar refractivity (Wildman–Crippen MR) is 99.1 cm³/mol. The maximum atomic E-state index is 12.4. The number of hydrogen-bond acceptors (Lipinski definition) is 5. The van der Waals surface area contributed by atoms with E-state index in [-0.39, 0.29) is 11.0 Å². The summed E-state index contributed by atoms with van der Waals surface area (Å²) in [6, 6.07) is 13.7. The van der Waals surface area contributed by atoms with Crippen LogP contribution in [0.5, 0.6) is 11.5 Å². The lowest BCUT2D eigenvalue weighted by molar-refractivity contribution is 0.0730. The van der Waals surface area contributed by atoms with Crippen molar-refractivity contribution in [3.63, 3.8) is 0 Å². The van der Waals surface area contributed by atoms with Gasteiger partial charge in [-0.1, -0.05) is 32.9 Å². The van der Waals surface area contributed by atoms with Crippen LogP contribution in [0.15, 0.2) is 57.7 Å². The molecule has 5 heteroatoms. The molecule has 26 heavy (non-hydrogen) atoms. The number of methoxy groups -OCH3 is 1. The number of hydrogen-bond donors (Lipinski definition) is 0. The lowest BCUT2D eigenvalue weighted by Crippen LogP contribution is -2.19. The number of carbonyl (C=O) groups excluding carboxylic acids is 1. The Hall–Kier alpha value is -3.08. The van der Waals surface area contributed by atoms with E-state index in [1.165, 1.54) is 13.2 Å². The highest BCUT2D eigenvalue weighted by molar-refractivity contribution is 5.94. The van der Waals surface area contributed by atoms with Crippen LogP contribution in [0, 0.1) is 0 Å². The van der Waals surface area contributed by atoms with Crippen LogP contribution < -0.4 is 15.1 Å². The Balaban J connectivity index is 1.89. The van der Waals surface area contributed by atoms with Gasteiger partial charge in [-0.3, -0.25) is 0 Å². The van der Waals surface area contributed by atoms with Crippen LogP contribution in [0.2, 0.25) is 0 Å². The van der Waals surface area contributed by atoms with Crippen LogP contribution in [0.25, 0.3) is 11.0 Å². The smallest absolute Gasteiger partial charge is 0.351 e. The molecule has 2 aromatic carbocycles. The molecule has 0 aliphatic rings. The summed E-state index contributed by atoms with van der Waals surface area (Å²) in [5.41, 5.74) is 0.599. The Kier molecular flexibility index (Phi) is 4.55. The summed E-state index contributed by atoms with van der Waals surface area (Å²) < 4.78 is 15.7. The van der Waals surface area contributed by atoms with Gasteiger partial charge in [0.1, 0.15) is 22.6 Å². The fourth-order valence-electron chi connectivity index (χ4n) is 2.56. The van der Waals surface area contributed by atoms with Gasteiger partial charge in [0.2, 0.25) is 0 Å². The van der Waals surface area contributed by atoms with Crippen LogP contribution in [0.1, 0.15) is 36.7 Å². The Morgan fingerprint density at radius 1 is 0.962 bits per heavy atom. The van der Waals surface area contributed by atoms with E-state index in [1.54, 1.807) is 30.3 Å². The lowest BCUT2D eigenvalue weighted by atomic mass is 9.87. The van der Waals surface area contributed by atoms with Gasteiger partial charge in [0.25, 0.3) is 0 Å². The van der Waals surface area contributed by atoms with E-state index >= 15 is 0 Å². The Morgan fingerprint density at radius 2 is 1.62 bits per heavy atom. The van der Waals surface area contributed by atoms with Gasteiger partial charge in [-0.25, -0.2) is 9.59 Å². The zero-order chi connectivity index (χ0) is 18.9. The van der Waals surface area contributed by atoms with E-state index < -0.39 is 11.6 Å². The number of carbonyl (C=O) groups is 1. The summed E-state index contributed by atoms with van der Waals surface area (Å²) in [6.45, 7) is 6.30. The fourth-order valence-corrected chi connectivity index (χ4v) is 2.56. The first-order valence-corrected chi connectivity index (χ1v) is 8.22. The van der Waals surface area contributed by atoms with Gasteiger partial charge in [-0.15, -0.1) is 0 Å². The van der Waals surface area contributed by atoms with Crippen molar-refractivity contribution in [2.45, 2.75) is 26.2 Å². The first-order valence-electron chi connectivity index (χ1n) is 8.22. The maximum absolute atomic E-state index is 12.4. The topological polar surface area (TPSA) is 65.7 Å². The van der Waals surface area contributed by atoms with Gasteiger partial charge in [0, 0.05) is 5.39 Å². The van der Waals surface area contributed by atoms with Gasteiger partial charge in [-0.05, 0) is 47.4 Å². The van der Waals surface area contributed by atoms with E-state index in [0.29, 0.717) is 22.5 Å². The van der Waals surface area contributed by atoms with Crippen molar-refractivity contribution in [1.82, 2.24) is 0 Å². The van der Waals surface area contributed by atoms with Crippen molar-refractivity contribution in [3.8, 4) is 11.5 Å². The van der Waals surface area contributed by atoms with Crippen molar-refractivity contribution >= 4 is 16.9 Å². The number of rotatable bonds is 3. The van der Waals surface area contributed by atoms with E-state index in [9.17, 15) is 9.59 Å². The third kappa shape index (κ3) is 3.61. The normalized spacial score (nSPS) is 11.4. The lowest BCUT2D eigenvalue weighted by Gasteiger charge is -2.18. The molecule has 0 aliphatic heterocycles. The van der Waals surface area contributed by atoms with Crippen LogP contribution in [-0.4, -0.2) is 13.1 Å². The van der Waals surface area contributed by atoms with Crippen molar-refractivity contribution in [2.75, 3.05) is 7.11 Å². The molecule has 0 radical (unpaired) electrons. The van der Waals surface area contributed by atoms with Gasteiger partial charge in [-0.2, -0.15) is 0 Å². The minimum absolute atomic E-state index is 0.00100. The van der Waals surface area contributed by atoms with Crippen molar-refractivity contribution in [3.05, 3.63) is 70.1 Å². The zero-order valence-corrected chi connectivity index (χ0v) is 15.2. The highest BCUT2D eigenvalue weighted by atomic mass is 16.5. The second-order valence-electron chi connectivity index (χ2n) is 7.02. The average molecular weight is 352 g/mol. The Labute approximate surface area is 151 Å². The molecule has 0 bridgehead atoms. The highest BCUT2D eigenvalue weighted by Gasteiger charge is 2.18. The molecule has 0 saturated carbocycles. The van der Waals surface area contributed by atoms with Crippen molar-refractivity contribution < 1.29 is 18.7 Å². The summed E-state index contributed by atoms with van der Waals surface area (Å²) in [5.74, 6) is 0.212. The molecular formula is C21H20O5. The number of fused-ring (bicyclic) bond motifs is 1. The fraction of sp³-hybridized carbons (Fsp3) is 0.238. The van der Waals surface area contributed by atoms with E-state index in [0.717, 1.165) is 5.56 Å². The molecule has 0 amide bonds. The molecule has 1 heterocycles. The molecule has 3 rings (SSSR count). The van der Waals surface area contributed by atoms with Crippen LogP contribution in [0.4, 0.5) is 0 Å².